The highest BCUT2D eigenvalue weighted by Crippen LogP contribution is 1.92. The molecule has 0 aliphatic heterocycles. The average molecular weight is 147 g/mol. The summed E-state index contributed by atoms with van der Waals surface area (Å²) in [5, 5.41) is 0.861. The molecule has 60 valence electrons. The minimum Gasteiger partial charge on any atom is -0.452 e. The number of carbonyl (C=O) groups excluding carboxylic acids is 1. The number of nitrogens with zero attached hydrogens (tertiary/aromatic N) is 1. The molecule has 5 heteroatoms. The van der Waals surface area contributed by atoms with Crippen molar-refractivity contribution in [2.75, 3.05) is 7.11 Å². The third kappa shape index (κ3) is 2.20. The molecular weight excluding hydrogens is 134 g/mol. The predicted molar refractivity (Wildman–Crippen MR) is 36.7 cm³/mol. The van der Waals surface area contributed by atoms with Crippen molar-refractivity contribution < 1.29 is 9.53 Å². The molecule has 0 saturated heterocycles. The maximum Gasteiger partial charge on any atom is 0.425 e. The zero-order valence-corrected chi connectivity index (χ0v) is 6.20. The van der Waals surface area contributed by atoms with Crippen molar-refractivity contribution >= 4 is 6.09 Å². The second-order valence-electron chi connectivity index (χ2n) is 1.85. The number of methoxy groups -OCH3 is 1. The van der Waals surface area contributed by atoms with Crippen LogP contribution in [0.3, 0.4) is 0 Å². The van der Waals surface area contributed by atoms with Crippen LogP contribution >= 0.6 is 0 Å². The van der Waals surface area contributed by atoms with Crippen LogP contribution in [0.25, 0.3) is 0 Å². The van der Waals surface area contributed by atoms with Crippen LogP contribution in [0.5, 0.6) is 0 Å². The zero-order valence-electron chi connectivity index (χ0n) is 6.20. The normalized spacial score (nSPS) is 12.4. The first-order valence-electron chi connectivity index (χ1n) is 3.01. The molecule has 0 fully saturated rings. The summed E-state index contributed by atoms with van der Waals surface area (Å²) in [5.74, 6) is 5.22. The van der Waals surface area contributed by atoms with Gasteiger partial charge in [-0.15, -0.1) is 0 Å². The lowest BCUT2D eigenvalue weighted by Gasteiger charge is -2.20. The number of amides is 1. The Hall–Kier alpha value is -0.810. The van der Waals surface area contributed by atoms with Crippen LogP contribution in [0, 0.1) is 0 Å². The van der Waals surface area contributed by atoms with Gasteiger partial charge in [0.15, 0.2) is 0 Å². The molecule has 10 heavy (non-hydrogen) atoms. The van der Waals surface area contributed by atoms with E-state index in [2.05, 4.69) is 4.74 Å². The summed E-state index contributed by atoms with van der Waals surface area (Å²) < 4.78 is 4.32. The van der Waals surface area contributed by atoms with Crippen LogP contribution in [-0.4, -0.2) is 24.4 Å². The van der Waals surface area contributed by atoms with E-state index in [9.17, 15) is 4.79 Å². The molecule has 0 spiro atoms. The first-order valence-corrected chi connectivity index (χ1v) is 3.01. The zero-order chi connectivity index (χ0) is 8.15. The van der Waals surface area contributed by atoms with E-state index >= 15 is 0 Å². The fraction of sp³-hybridized carbons (Fsp3) is 0.800. The molecule has 0 unspecified atom stereocenters. The summed E-state index contributed by atoms with van der Waals surface area (Å²) in [4.78, 5) is 10.6. The van der Waals surface area contributed by atoms with Gasteiger partial charge >= 0.3 is 6.09 Å². The van der Waals surface area contributed by atoms with Crippen molar-refractivity contribution in [2.45, 2.75) is 19.5 Å². The van der Waals surface area contributed by atoms with E-state index in [0.717, 1.165) is 5.01 Å². The predicted octanol–water partition coefficient (Wildman–Crippen LogP) is -0.377. The van der Waals surface area contributed by atoms with Crippen LogP contribution < -0.4 is 11.6 Å². The van der Waals surface area contributed by atoms with Gasteiger partial charge < -0.3 is 10.5 Å². The Labute approximate surface area is 59.9 Å². The van der Waals surface area contributed by atoms with E-state index in [-0.39, 0.29) is 0 Å². The number of ether oxygens (including phenoxy) is 1. The maximum atomic E-state index is 10.6. The molecule has 1 atom stereocenters. The van der Waals surface area contributed by atoms with Crippen molar-refractivity contribution in [3.63, 3.8) is 0 Å². The van der Waals surface area contributed by atoms with Crippen LogP contribution in [0.4, 0.5) is 4.79 Å². The first kappa shape index (κ1) is 9.19. The molecule has 4 N–H and O–H groups in total. The summed E-state index contributed by atoms with van der Waals surface area (Å²) in [5.41, 5.74) is 5.39. The van der Waals surface area contributed by atoms with E-state index < -0.39 is 12.3 Å². The minimum atomic E-state index is -0.616. The van der Waals surface area contributed by atoms with E-state index in [0.29, 0.717) is 6.42 Å². The third-order valence-corrected chi connectivity index (χ3v) is 1.16. The lowest BCUT2D eigenvalue weighted by molar-refractivity contribution is 0.105. The maximum absolute atomic E-state index is 10.6. The summed E-state index contributed by atoms with van der Waals surface area (Å²) in [6.07, 6.45) is -0.479. The van der Waals surface area contributed by atoms with Gasteiger partial charge in [-0.05, 0) is 6.42 Å². The van der Waals surface area contributed by atoms with Crippen LogP contribution in [0.2, 0.25) is 0 Å². The van der Waals surface area contributed by atoms with Gasteiger partial charge in [-0.1, -0.05) is 6.92 Å². The Morgan fingerprint density at radius 3 is 2.60 bits per heavy atom. The van der Waals surface area contributed by atoms with Crippen LogP contribution in [0.15, 0.2) is 0 Å². The fourth-order valence-electron chi connectivity index (χ4n) is 0.437. The van der Waals surface area contributed by atoms with Crippen molar-refractivity contribution in [2.24, 2.45) is 11.6 Å². The Morgan fingerprint density at radius 2 is 2.30 bits per heavy atom. The highest BCUT2D eigenvalue weighted by Gasteiger charge is 2.14. The van der Waals surface area contributed by atoms with Crippen molar-refractivity contribution in [3.8, 4) is 0 Å². The van der Waals surface area contributed by atoms with Gasteiger partial charge in [0, 0.05) is 0 Å². The Balaban J connectivity index is 3.81. The summed E-state index contributed by atoms with van der Waals surface area (Å²) in [6.45, 7) is 1.83. The van der Waals surface area contributed by atoms with Gasteiger partial charge in [0.1, 0.15) is 0 Å². The lowest BCUT2D eigenvalue weighted by Crippen LogP contribution is -2.49. The van der Waals surface area contributed by atoms with Crippen LogP contribution in [0.1, 0.15) is 13.3 Å². The minimum absolute atomic E-state index is 0.465. The Kier molecular flexibility index (Phi) is 3.75. The summed E-state index contributed by atoms with van der Waals surface area (Å²) in [6, 6.07) is 0. The van der Waals surface area contributed by atoms with Gasteiger partial charge in [-0.2, -0.15) is 0 Å². The molecule has 0 heterocycles. The fourth-order valence-corrected chi connectivity index (χ4v) is 0.437. The number of nitrogens with two attached hydrogens (primary N) is 2. The Morgan fingerprint density at radius 1 is 1.80 bits per heavy atom. The largest absolute Gasteiger partial charge is 0.452 e. The molecule has 0 aliphatic rings. The average Bonchev–Trinajstić information content (AvgIpc) is 2.00. The molecular formula is C5H13N3O2. The second kappa shape index (κ2) is 4.08. The molecule has 5 nitrogen and oxygen atoms in total. The number of hydrogen-bond acceptors (Lipinski definition) is 4. The molecule has 0 saturated carbocycles. The van der Waals surface area contributed by atoms with Gasteiger partial charge in [0.05, 0.1) is 13.3 Å². The molecule has 1 amide bonds. The SMILES string of the molecule is CC[C@H](N)N(N)C(=O)OC. The highest BCUT2D eigenvalue weighted by molar-refractivity contribution is 5.66. The van der Waals surface area contributed by atoms with Gasteiger partial charge in [0.2, 0.25) is 0 Å². The Bertz CT molecular complexity index is 117. The van der Waals surface area contributed by atoms with Gasteiger partial charge in [-0.3, -0.25) is 0 Å². The van der Waals surface area contributed by atoms with Crippen molar-refractivity contribution in [3.05, 3.63) is 0 Å². The van der Waals surface area contributed by atoms with Crippen LogP contribution in [-0.2, 0) is 4.74 Å². The van der Waals surface area contributed by atoms with E-state index in [1.165, 1.54) is 7.11 Å². The topological polar surface area (TPSA) is 81.6 Å². The standard InChI is InChI=1S/C5H13N3O2/c1-3-4(6)8(7)5(9)10-2/h4H,3,6-7H2,1-2H3/t4-/m1/s1. The van der Waals surface area contributed by atoms with E-state index in [1.807, 2.05) is 6.92 Å². The molecule has 0 aromatic heterocycles. The quantitative estimate of drug-likeness (QED) is 0.241. The van der Waals surface area contributed by atoms with E-state index in [4.69, 9.17) is 11.6 Å². The molecule has 0 rings (SSSR count). The molecule has 0 aromatic carbocycles. The van der Waals surface area contributed by atoms with Crippen molar-refractivity contribution in [1.29, 1.82) is 0 Å². The monoisotopic (exact) mass is 147 g/mol. The number of hydrazine groups is 1. The molecule has 0 bridgehead atoms. The molecule has 0 aromatic rings. The van der Waals surface area contributed by atoms with Gasteiger partial charge in [-0.25, -0.2) is 15.6 Å². The van der Waals surface area contributed by atoms with Crippen molar-refractivity contribution in [1.82, 2.24) is 5.01 Å². The van der Waals surface area contributed by atoms with E-state index in [1.54, 1.807) is 0 Å². The number of carbonyl (C=O) groups is 1. The number of rotatable bonds is 2. The second-order valence-corrected chi connectivity index (χ2v) is 1.85. The lowest BCUT2D eigenvalue weighted by atomic mass is 10.4. The molecule has 0 radical (unpaired) electrons. The number of hydrogen-bond donors (Lipinski definition) is 2. The smallest absolute Gasteiger partial charge is 0.425 e. The highest BCUT2D eigenvalue weighted by atomic mass is 16.5. The first-order chi connectivity index (χ1) is 4.63. The molecule has 0 aliphatic carbocycles. The summed E-state index contributed by atoms with van der Waals surface area (Å²) >= 11 is 0. The summed E-state index contributed by atoms with van der Waals surface area (Å²) in [7, 11) is 1.25. The van der Waals surface area contributed by atoms with Gasteiger partial charge in [0.25, 0.3) is 0 Å². The third-order valence-electron chi connectivity index (χ3n) is 1.16.